The van der Waals surface area contributed by atoms with Crippen LogP contribution in [0.5, 0.6) is 0 Å². The smallest absolute Gasteiger partial charge is 0.222 e. The first-order valence-electron chi connectivity index (χ1n) is 11.0. The second kappa shape index (κ2) is 11.5. The zero-order valence-corrected chi connectivity index (χ0v) is 17.7. The van der Waals surface area contributed by atoms with Gasteiger partial charge in [-0.05, 0) is 43.9 Å². The second-order valence-corrected chi connectivity index (χ2v) is 7.71. The zero-order chi connectivity index (χ0) is 20.3. The number of aliphatic imine (C=N–C) groups is 1. The van der Waals surface area contributed by atoms with Crippen molar-refractivity contribution in [3.63, 3.8) is 0 Å². The molecule has 3 rings (SSSR count). The van der Waals surface area contributed by atoms with Crippen LogP contribution >= 0.6 is 0 Å². The van der Waals surface area contributed by atoms with E-state index in [1.165, 1.54) is 17.7 Å². The minimum Gasteiger partial charge on any atom is -0.364 e. The lowest BCUT2D eigenvalue weighted by Crippen LogP contribution is -2.39. The Bertz CT molecular complexity index is 690. The van der Waals surface area contributed by atoms with Crippen molar-refractivity contribution in [3.8, 4) is 0 Å². The molecule has 6 heteroatoms. The Balaban J connectivity index is 1.43. The lowest BCUT2D eigenvalue weighted by molar-refractivity contribution is -0.130. The minimum absolute atomic E-state index is 0.316. The zero-order valence-electron chi connectivity index (χ0n) is 17.7. The summed E-state index contributed by atoms with van der Waals surface area (Å²) in [5, 5.41) is 6.71. The number of nitrogens with one attached hydrogen (secondary N) is 2. The van der Waals surface area contributed by atoms with Gasteiger partial charge in [-0.2, -0.15) is 0 Å². The van der Waals surface area contributed by atoms with Gasteiger partial charge in [0, 0.05) is 51.4 Å². The summed E-state index contributed by atoms with van der Waals surface area (Å²) in [7, 11) is 0. The van der Waals surface area contributed by atoms with Crippen LogP contribution in [0.25, 0.3) is 0 Å². The Morgan fingerprint density at radius 1 is 1.07 bits per heavy atom. The van der Waals surface area contributed by atoms with Gasteiger partial charge in [0.25, 0.3) is 0 Å². The van der Waals surface area contributed by atoms with Gasteiger partial charge in [0.1, 0.15) is 0 Å². The van der Waals surface area contributed by atoms with Gasteiger partial charge >= 0.3 is 0 Å². The van der Waals surface area contributed by atoms with Crippen LogP contribution in [0.1, 0.15) is 44.6 Å². The molecular formula is C23H35N5O. The molecule has 2 aliphatic heterocycles. The normalized spacial score (nSPS) is 17.6. The van der Waals surface area contributed by atoms with E-state index in [2.05, 4.69) is 58.9 Å². The number of benzene rings is 1. The van der Waals surface area contributed by atoms with Crippen molar-refractivity contribution in [2.75, 3.05) is 44.2 Å². The van der Waals surface area contributed by atoms with Gasteiger partial charge in [0.05, 0.1) is 6.54 Å². The predicted molar refractivity (Wildman–Crippen MR) is 120 cm³/mol. The lowest BCUT2D eigenvalue weighted by Gasteiger charge is -2.20. The molecule has 0 unspecified atom stereocenters. The summed E-state index contributed by atoms with van der Waals surface area (Å²) in [6.45, 7) is 8.11. The number of rotatable bonds is 8. The van der Waals surface area contributed by atoms with Crippen molar-refractivity contribution in [2.24, 2.45) is 4.99 Å². The van der Waals surface area contributed by atoms with Gasteiger partial charge in [-0.25, -0.2) is 4.99 Å². The minimum atomic E-state index is 0.316. The first-order valence-corrected chi connectivity index (χ1v) is 11.0. The van der Waals surface area contributed by atoms with E-state index >= 15 is 0 Å². The molecule has 0 saturated carbocycles. The van der Waals surface area contributed by atoms with Gasteiger partial charge in [-0.3, -0.25) is 4.79 Å². The maximum Gasteiger partial charge on any atom is 0.222 e. The molecule has 6 nitrogen and oxygen atoms in total. The van der Waals surface area contributed by atoms with E-state index in [9.17, 15) is 4.79 Å². The van der Waals surface area contributed by atoms with Crippen LogP contribution in [0.4, 0.5) is 5.69 Å². The summed E-state index contributed by atoms with van der Waals surface area (Å²) in [5.41, 5.74) is 2.46. The summed E-state index contributed by atoms with van der Waals surface area (Å²) in [6.07, 6.45) is 9.41. The number of anilines is 1. The number of carbonyl (C=O) groups excluding carboxylic acids is 1. The van der Waals surface area contributed by atoms with Gasteiger partial charge in [0.15, 0.2) is 5.96 Å². The van der Waals surface area contributed by atoms with Gasteiger partial charge in [-0.1, -0.05) is 30.7 Å². The number of likely N-dealkylation sites (tertiary alicyclic amines) is 1. The highest BCUT2D eigenvalue weighted by Gasteiger charge is 2.15. The number of guanidine groups is 1. The van der Waals surface area contributed by atoms with Gasteiger partial charge < -0.3 is 20.4 Å². The Morgan fingerprint density at radius 2 is 1.86 bits per heavy atom. The molecule has 29 heavy (non-hydrogen) atoms. The van der Waals surface area contributed by atoms with Crippen molar-refractivity contribution in [1.82, 2.24) is 15.5 Å². The summed E-state index contributed by atoms with van der Waals surface area (Å²) < 4.78 is 0. The van der Waals surface area contributed by atoms with Crippen LogP contribution in [-0.2, 0) is 11.3 Å². The SMILES string of the molecule is CCNC(=NCc1ccc(N2CC=CC2)cc1)NCCCN1CCCCCC1=O. The van der Waals surface area contributed by atoms with E-state index in [4.69, 9.17) is 4.99 Å². The van der Waals surface area contributed by atoms with Gasteiger partial charge in [-0.15, -0.1) is 0 Å². The maximum atomic E-state index is 12.1. The fourth-order valence-electron chi connectivity index (χ4n) is 3.76. The number of hydrogen-bond acceptors (Lipinski definition) is 3. The fourth-order valence-corrected chi connectivity index (χ4v) is 3.76. The van der Waals surface area contributed by atoms with E-state index in [0.717, 1.165) is 64.5 Å². The molecule has 0 bridgehead atoms. The largest absolute Gasteiger partial charge is 0.364 e. The third-order valence-electron chi connectivity index (χ3n) is 5.45. The van der Waals surface area contributed by atoms with Crippen molar-refractivity contribution < 1.29 is 4.79 Å². The highest BCUT2D eigenvalue weighted by molar-refractivity contribution is 5.79. The molecule has 158 valence electrons. The molecule has 2 heterocycles. The molecule has 0 radical (unpaired) electrons. The van der Waals surface area contributed by atoms with E-state index in [1.54, 1.807) is 0 Å². The fraction of sp³-hybridized carbons (Fsp3) is 0.565. The van der Waals surface area contributed by atoms with Crippen LogP contribution in [0.2, 0.25) is 0 Å². The average Bonchev–Trinajstić information content (AvgIpc) is 3.20. The van der Waals surface area contributed by atoms with E-state index in [-0.39, 0.29) is 0 Å². The Labute approximate surface area is 175 Å². The topological polar surface area (TPSA) is 60.0 Å². The van der Waals surface area contributed by atoms with E-state index < -0.39 is 0 Å². The van der Waals surface area contributed by atoms with Crippen LogP contribution in [0.3, 0.4) is 0 Å². The third-order valence-corrected chi connectivity index (χ3v) is 5.45. The third kappa shape index (κ3) is 6.80. The van der Waals surface area contributed by atoms with Crippen molar-refractivity contribution >= 4 is 17.6 Å². The average molecular weight is 398 g/mol. The summed E-state index contributed by atoms with van der Waals surface area (Å²) >= 11 is 0. The molecule has 0 aliphatic carbocycles. The van der Waals surface area contributed by atoms with Crippen molar-refractivity contribution in [2.45, 2.75) is 45.6 Å². The summed E-state index contributed by atoms with van der Waals surface area (Å²) in [5.74, 6) is 1.15. The first-order chi connectivity index (χ1) is 14.3. The molecule has 1 aromatic rings. The summed E-state index contributed by atoms with van der Waals surface area (Å²) in [6, 6.07) is 8.67. The lowest BCUT2D eigenvalue weighted by atomic mass is 10.2. The predicted octanol–water partition coefficient (Wildman–Crippen LogP) is 2.91. The highest BCUT2D eigenvalue weighted by Crippen LogP contribution is 2.18. The van der Waals surface area contributed by atoms with Crippen LogP contribution in [0, 0.1) is 0 Å². The van der Waals surface area contributed by atoms with Gasteiger partial charge in [0.2, 0.25) is 5.91 Å². The molecule has 2 N–H and O–H groups in total. The van der Waals surface area contributed by atoms with Crippen molar-refractivity contribution in [1.29, 1.82) is 0 Å². The molecule has 2 aliphatic rings. The molecular weight excluding hydrogens is 362 g/mol. The number of nitrogens with zero attached hydrogens (tertiary/aromatic N) is 3. The Kier molecular flexibility index (Phi) is 8.40. The number of carbonyl (C=O) groups is 1. The molecule has 1 amide bonds. The van der Waals surface area contributed by atoms with Crippen LogP contribution in [-0.4, -0.2) is 56.0 Å². The molecule has 0 aromatic heterocycles. The molecule has 1 aromatic carbocycles. The maximum absolute atomic E-state index is 12.1. The van der Waals surface area contributed by atoms with Crippen LogP contribution in [0.15, 0.2) is 41.4 Å². The molecule has 1 saturated heterocycles. The standard InChI is InChI=1S/C23H35N5O/c1-2-24-23(25-14-8-18-28-17-5-3-4-9-22(28)29)26-19-20-10-12-21(13-11-20)27-15-6-7-16-27/h6-7,10-13H,2-5,8-9,14-19H2,1H3,(H2,24,25,26). The number of hydrogen-bond donors (Lipinski definition) is 2. The van der Waals surface area contributed by atoms with Crippen molar-refractivity contribution in [3.05, 3.63) is 42.0 Å². The summed E-state index contributed by atoms with van der Waals surface area (Å²) in [4.78, 5) is 21.2. The molecule has 0 atom stereocenters. The van der Waals surface area contributed by atoms with E-state index in [1.807, 2.05) is 4.90 Å². The molecule has 0 spiro atoms. The van der Waals surface area contributed by atoms with Crippen LogP contribution < -0.4 is 15.5 Å². The Morgan fingerprint density at radius 3 is 2.62 bits per heavy atom. The van der Waals surface area contributed by atoms with E-state index in [0.29, 0.717) is 18.9 Å². The molecule has 1 fully saturated rings. The monoisotopic (exact) mass is 397 g/mol. The second-order valence-electron chi connectivity index (χ2n) is 7.71. The first kappa shape index (κ1) is 21.2. The number of amides is 1. The Hall–Kier alpha value is -2.50. The highest BCUT2D eigenvalue weighted by atomic mass is 16.2. The quantitative estimate of drug-likeness (QED) is 0.306.